The average Bonchev–Trinajstić information content (AvgIpc) is 2.98. The molecule has 0 saturated carbocycles. The Morgan fingerprint density at radius 3 is 2.42 bits per heavy atom. The molecule has 7 heteroatoms. The molecule has 0 bridgehead atoms. The van der Waals surface area contributed by atoms with Gasteiger partial charge in [0.15, 0.2) is 6.04 Å². The quantitative estimate of drug-likeness (QED) is 0.783. The van der Waals surface area contributed by atoms with Crippen LogP contribution in [0.5, 0.6) is 0 Å². The van der Waals surface area contributed by atoms with Gasteiger partial charge >= 0.3 is 0 Å². The highest BCUT2D eigenvalue weighted by Gasteiger charge is 2.47. The Morgan fingerprint density at radius 2 is 1.77 bits per heavy atom. The van der Waals surface area contributed by atoms with E-state index in [1.165, 1.54) is 9.80 Å². The Bertz CT molecular complexity index is 804. The largest absolute Gasteiger partial charge is 0.318 e. The van der Waals surface area contributed by atoms with E-state index < -0.39 is 0 Å². The van der Waals surface area contributed by atoms with E-state index in [0.717, 1.165) is 32.0 Å². The topological polar surface area (TPSA) is 59.2 Å². The van der Waals surface area contributed by atoms with Gasteiger partial charge < -0.3 is 4.90 Å². The lowest BCUT2D eigenvalue weighted by Gasteiger charge is -2.31. The minimum atomic E-state index is -0.292. The zero-order valence-electron chi connectivity index (χ0n) is 14.3. The standard InChI is InChI=1S/C19H19ClN4O2/c20-14-4-6-15(7-5-14)24-18(25)13-16(19(24)26)22-9-11-23(12-10-22)17-3-1-2-8-21-17/h1-8,16H,9-13H2/p+2/t16-/m1/s1. The number of anilines is 2. The van der Waals surface area contributed by atoms with Gasteiger partial charge in [-0.3, -0.25) is 14.5 Å². The number of rotatable bonds is 3. The summed E-state index contributed by atoms with van der Waals surface area (Å²) in [5, 5.41) is 0.587. The third kappa shape index (κ3) is 3.18. The molecule has 3 heterocycles. The molecule has 2 N–H and O–H groups in total. The smallest absolute Gasteiger partial charge is 0.292 e. The number of aromatic nitrogens is 1. The number of H-pyrrole nitrogens is 1. The highest BCUT2D eigenvalue weighted by molar-refractivity contribution is 6.30. The summed E-state index contributed by atoms with van der Waals surface area (Å²) in [5.41, 5.74) is 0.601. The highest BCUT2D eigenvalue weighted by atomic mass is 35.5. The van der Waals surface area contributed by atoms with E-state index >= 15 is 0 Å². The number of amides is 2. The predicted octanol–water partition coefficient (Wildman–Crippen LogP) is 0.191. The Balaban J connectivity index is 1.44. The van der Waals surface area contributed by atoms with E-state index in [1.807, 2.05) is 18.3 Å². The SMILES string of the molecule is O=C1C[C@@H]([NH+]2CCN(c3cccc[nH+]3)CC2)C(=O)N1c1ccc(Cl)cc1. The van der Waals surface area contributed by atoms with Crippen LogP contribution in [0.4, 0.5) is 11.5 Å². The van der Waals surface area contributed by atoms with Crippen molar-refractivity contribution < 1.29 is 19.5 Å². The van der Waals surface area contributed by atoms with Crippen molar-refractivity contribution in [2.24, 2.45) is 0 Å². The van der Waals surface area contributed by atoms with E-state index in [2.05, 4.69) is 16.0 Å². The van der Waals surface area contributed by atoms with Gasteiger partial charge in [0.05, 0.1) is 18.3 Å². The molecule has 0 aliphatic carbocycles. The van der Waals surface area contributed by atoms with E-state index in [-0.39, 0.29) is 24.3 Å². The van der Waals surface area contributed by atoms with Crippen LogP contribution in [0.2, 0.25) is 5.02 Å². The zero-order valence-corrected chi connectivity index (χ0v) is 15.1. The molecule has 0 unspecified atom stereocenters. The second kappa shape index (κ2) is 7.05. The Hall–Kier alpha value is -2.44. The molecular formula is C19H21ClN4O2+2. The molecule has 134 valence electrons. The lowest BCUT2D eigenvalue weighted by molar-refractivity contribution is -0.915. The number of aromatic amines is 1. The van der Waals surface area contributed by atoms with Gasteiger partial charge in [-0.25, -0.2) is 9.88 Å². The second-order valence-electron chi connectivity index (χ2n) is 6.69. The van der Waals surface area contributed by atoms with Crippen LogP contribution in [0, 0.1) is 0 Å². The van der Waals surface area contributed by atoms with Crippen molar-refractivity contribution in [1.82, 2.24) is 0 Å². The summed E-state index contributed by atoms with van der Waals surface area (Å²) < 4.78 is 0. The highest BCUT2D eigenvalue weighted by Crippen LogP contribution is 2.23. The fourth-order valence-electron chi connectivity index (χ4n) is 3.78. The summed E-state index contributed by atoms with van der Waals surface area (Å²) in [5.74, 6) is 0.851. The number of imide groups is 1. The molecule has 1 atom stereocenters. The normalized spacial score (nSPS) is 21.5. The van der Waals surface area contributed by atoms with Crippen LogP contribution in [0.3, 0.4) is 0 Å². The number of carbonyl (C=O) groups is 2. The fourth-order valence-corrected chi connectivity index (χ4v) is 3.90. The maximum absolute atomic E-state index is 12.9. The number of nitrogens with one attached hydrogen (secondary N) is 2. The molecule has 26 heavy (non-hydrogen) atoms. The van der Waals surface area contributed by atoms with Gasteiger partial charge in [-0.15, -0.1) is 0 Å². The molecule has 0 spiro atoms. The van der Waals surface area contributed by atoms with Crippen molar-refractivity contribution >= 4 is 34.9 Å². The number of carbonyl (C=O) groups excluding carboxylic acids is 2. The molecule has 1 aromatic heterocycles. The molecule has 1 aromatic carbocycles. The lowest BCUT2D eigenvalue weighted by atomic mass is 10.1. The summed E-state index contributed by atoms with van der Waals surface area (Å²) in [7, 11) is 0. The van der Waals surface area contributed by atoms with Gasteiger partial charge in [0, 0.05) is 11.1 Å². The summed E-state index contributed by atoms with van der Waals surface area (Å²) in [6.45, 7) is 3.38. The van der Waals surface area contributed by atoms with Crippen molar-refractivity contribution in [2.45, 2.75) is 12.5 Å². The maximum atomic E-state index is 12.9. The van der Waals surface area contributed by atoms with Crippen molar-refractivity contribution in [1.29, 1.82) is 0 Å². The van der Waals surface area contributed by atoms with Gasteiger partial charge in [-0.1, -0.05) is 17.7 Å². The first-order chi connectivity index (χ1) is 12.6. The zero-order chi connectivity index (χ0) is 18.1. The Morgan fingerprint density at radius 1 is 1.04 bits per heavy atom. The van der Waals surface area contributed by atoms with E-state index in [1.54, 1.807) is 24.3 Å². The van der Waals surface area contributed by atoms with Gasteiger partial charge in [-0.05, 0) is 30.3 Å². The van der Waals surface area contributed by atoms with E-state index in [9.17, 15) is 9.59 Å². The molecule has 4 rings (SSSR count). The number of hydrogen-bond acceptors (Lipinski definition) is 3. The van der Waals surface area contributed by atoms with Crippen LogP contribution in [0.25, 0.3) is 0 Å². The molecule has 2 aromatic rings. The van der Waals surface area contributed by atoms with Crippen LogP contribution >= 0.6 is 11.6 Å². The number of quaternary nitrogens is 1. The minimum absolute atomic E-state index is 0.105. The number of hydrogen-bond donors (Lipinski definition) is 1. The van der Waals surface area contributed by atoms with Crippen LogP contribution in [-0.2, 0) is 9.59 Å². The molecule has 6 nitrogen and oxygen atoms in total. The van der Waals surface area contributed by atoms with E-state index in [4.69, 9.17) is 11.6 Å². The van der Waals surface area contributed by atoms with Gasteiger partial charge in [0.1, 0.15) is 26.2 Å². The minimum Gasteiger partial charge on any atom is -0.318 e. The van der Waals surface area contributed by atoms with Gasteiger partial charge in [0.2, 0.25) is 5.91 Å². The molecule has 2 aliphatic heterocycles. The summed E-state index contributed by atoms with van der Waals surface area (Å²) in [6, 6.07) is 12.6. The first-order valence-electron chi connectivity index (χ1n) is 8.82. The second-order valence-corrected chi connectivity index (χ2v) is 7.13. The van der Waals surface area contributed by atoms with Crippen molar-refractivity contribution in [3.05, 3.63) is 53.7 Å². The number of halogens is 1. The molecule has 2 amide bonds. The number of benzene rings is 1. The predicted molar refractivity (Wildman–Crippen MR) is 98.3 cm³/mol. The lowest BCUT2D eigenvalue weighted by Crippen LogP contribution is -3.19. The van der Waals surface area contributed by atoms with Gasteiger partial charge in [-0.2, -0.15) is 0 Å². The summed E-state index contributed by atoms with van der Waals surface area (Å²) in [4.78, 5) is 33.4. The van der Waals surface area contributed by atoms with Gasteiger partial charge in [0.25, 0.3) is 11.7 Å². The number of nitrogens with zero attached hydrogens (tertiary/aromatic N) is 2. The van der Waals surface area contributed by atoms with Crippen molar-refractivity contribution in [3.63, 3.8) is 0 Å². The van der Waals surface area contributed by atoms with Crippen molar-refractivity contribution in [2.75, 3.05) is 36.0 Å². The summed E-state index contributed by atoms with van der Waals surface area (Å²) in [6.07, 6.45) is 2.19. The number of pyridine rings is 1. The first-order valence-corrected chi connectivity index (χ1v) is 9.20. The van der Waals surface area contributed by atoms with Crippen molar-refractivity contribution in [3.8, 4) is 0 Å². The molecule has 2 aliphatic rings. The Labute approximate surface area is 157 Å². The monoisotopic (exact) mass is 372 g/mol. The summed E-state index contributed by atoms with van der Waals surface area (Å²) >= 11 is 5.91. The number of piperazine rings is 1. The Kier molecular flexibility index (Phi) is 4.61. The fraction of sp³-hybridized carbons (Fsp3) is 0.316. The van der Waals surface area contributed by atoms with Crippen LogP contribution in [0.15, 0.2) is 48.7 Å². The maximum Gasteiger partial charge on any atom is 0.292 e. The average molecular weight is 373 g/mol. The van der Waals surface area contributed by atoms with Crippen LogP contribution in [0.1, 0.15) is 6.42 Å². The van der Waals surface area contributed by atoms with Crippen LogP contribution < -0.4 is 19.7 Å². The third-order valence-corrected chi connectivity index (χ3v) is 5.42. The van der Waals surface area contributed by atoms with Crippen LogP contribution in [-0.4, -0.2) is 44.0 Å². The van der Waals surface area contributed by atoms with E-state index in [0.29, 0.717) is 10.7 Å². The molecule has 0 radical (unpaired) electrons. The third-order valence-electron chi connectivity index (χ3n) is 5.16. The molecule has 2 saturated heterocycles. The first kappa shape index (κ1) is 17.0. The molecule has 2 fully saturated rings. The molecular weight excluding hydrogens is 352 g/mol.